The van der Waals surface area contributed by atoms with Gasteiger partial charge in [-0.1, -0.05) is 63.9 Å². The van der Waals surface area contributed by atoms with Crippen molar-refractivity contribution in [3.63, 3.8) is 0 Å². The van der Waals surface area contributed by atoms with Crippen molar-refractivity contribution < 1.29 is 9.59 Å². The van der Waals surface area contributed by atoms with Gasteiger partial charge in [0.2, 0.25) is 0 Å². The SMILES string of the molecule is CC(C)(C)C(=O)C(CCCCCN)CC(=O)C(N)Cc1ccccc1. The third-order valence-electron chi connectivity index (χ3n) is 4.53. The molecule has 0 radical (unpaired) electrons. The second-order valence-electron chi connectivity index (χ2n) is 7.92. The molecule has 0 bridgehead atoms. The largest absolute Gasteiger partial charge is 0.330 e. The van der Waals surface area contributed by atoms with Crippen molar-refractivity contribution >= 4 is 11.6 Å². The Morgan fingerprint density at radius 3 is 2.24 bits per heavy atom. The first kappa shape index (κ1) is 21.5. The minimum absolute atomic E-state index is 0.0229. The Morgan fingerprint density at radius 1 is 1.04 bits per heavy atom. The third kappa shape index (κ3) is 7.93. The van der Waals surface area contributed by atoms with Crippen LogP contribution >= 0.6 is 0 Å². The highest BCUT2D eigenvalue weighted by molar-refractivity contribution is 5.92. The molecule has 0 amide bonds. The molecule has 140 valence electrons. The Kier molecular flexibility index (Phi) is 9.01. The van der Waals surface area contributed by atoms with Crippen LogP contribution in [0.4, 0.5) is 0 Å². The normalized spacial score (nSPS) is 14.1. The van der Waals surface area contributed by atoms with Crippen LogP contribution in [-0.2, 0) is 16.0 Å². The van der Waals surface area contributed by atoms with Crippen LogP contribution in [0.1, 0.15) is 58.4 Å². The summed E-state index contributed by atoms with van der Waals surface area (Å²) in [6.45, 7) is 6.41. The molecule has 0 aliphatic carbocycles. The Balaban J connectivity index is 2.67. The van der Waals surface area contributed by atoms with E-state index in [1.165, 1.54) is 0 Å². The molecule has 0 saturated carbocycles. The molecule has 2 atom stereocenters. The molecule has 4 heteroatoms. The summed E-state index contributed by atoms with van der Waals surface area (Å²) in [4.78, 5) is 25.3. The first-order chi connectivity index (χ1) is 11.8. The van der Waals surface area contributed by atoms with Gasteiger partial charge in [-0.25, -0.2) is 0 Å². The fourth-order valence-corrected chi connectivity index (χ4v) is 3.03. The highest BCUT2D eigenvalue weighted by Crippen LogP contribution is 2.27. The molecule has 2 unspecified atom stereocenters. The zero-order valence-electron chi connectivity index (χ0n) is 16.0. The van der Waals surface area contributed by atoms with Crippen molar-refractivity contribution in [1.29, 1.82) is 0 Å². The van der Waals surface area contributed by atoms with E-state index in [4.69, 9.17) is 11.5 Å². The molecule has 0 aliphatic rings. The quantitative estimate of drug-likeness (QED) is 0.602. The summed E-state index contributed by atoms with van der Waals surface area (Å²) in [5.74, 6) is -0.113. The lowest BCUT2D eigenvalue weighted by Gasteiger charge is -2.25. The van der Waals surface area contributed by atoms with Gasteiger partial charge in [0.15, 0.2) is 5.78 Å². The lowest BCUT2D eigenvalue weighted by Crippen LogP contribution is -2.37. The zero-order chi connectivity index (χ0) is 18.9. The molecular formula is C21H34N2O2. The number of hydrogen-bond donors (Lipinski definition) is 2. The number of unbranched alkanes of at least 4 members (excludes halogenated alkanes) is 2. The van der Waals surface area contributed by atoms with Crippen LogP contribution in [0, 0.1) is 11.3 Å². The van der Waals surface area contributed by atoms with Gasteiger partial charge in [-0.05, 0) is 31.4 Å². The number of hydrogen-bond acceptors (Lipinski definition) is 4. The van der Waals surface area contributed by atoms with Gasteiger partial charge in [0.25, 0.3) is 0 Å². The van der Waals surface area contributed by atoms with Crippen molar-refractivity contribution in [3.8, 4) is 0 Å². The molecule has 4 N–H and O–H groups in total. The number of nitrogens with two attached hydrogens (primary N) is 2. The van der Waals surface area contributed by atoms with Gasteiger partial charge in [-0.3, -0.25) is 9.59 Å². The number of benzene rings is 1. The maximum atomic E-state index is 12.7. The molecule has 0 fully saturated rings. The molecule has 1 rings (SSSR count). The minimum atomic E-state index is -0.554. The van der Waals surface area contributed by atoms with E-state index in [9.17, 15) is 9.59 Å². The van der Waals surface area contributed by atoms with Crippen LogP contribution in [0.25, 0.3) is 0 Å². The second kappa shape index (κ2) is 10.5. The highest BCUT2D eigenvalue weighted by atomic mass is 16.1. The Labute approximate surface area is 152 Å². The van der Waals surface area contributed by atoms with Gasteiger partial charge < -0.3 is 11.5 Å². The summed E-state index contributed by atoms with van der Waals surface area (Å²) in [5, 5.41) is 0. The molecule has 0 aliphatic heterocycles. The lowest BCUT2D eigenvalue weighted by atomic mass is 9.78. The van der Waals surface area contributed by atoms with Gasteiger partial charge in [0.05, 0.1) is 6.04 Å². The lowest BCUT2D eigenvalue weighted by molar-refractivity contribution is -0.134. The van der Waals surface area contributed by atoms with Crippen molar-refractivity contribution in [3.05, 3.63) is 35.9 Å². The topological polar surface area (TPSA) is 86.2 Å². The van der Waals surface area contributed by atoms with Crippen molar-refractivity contribution in [2.75, 3.05) is 6.54 Å². The summed E-state index contributed by atoms with van der Waals surface area (Å²) in [7, 11) is 0. The third-order valence-corrected chi connectivity index (χ3v) is 4.53. The number of Topliss-reactive ketones (excluding diaryl/α,β-unsaturated/α-hetero) is 2. The van der Waals surface area contributed by atoms with E-state index >= 15 is 0 Å². The molecule has 0 saturated heterocycles. The molecule has 1 aromatic carbocycles. The van der Waals surface area contributed by atoms with E-state index in [1.807, 2.05) is 51.1 Å². The fourth-order valence-electron chi connectivity index (χ4n) is 3.03. The van der Waals surface area contributed by atoms with E-state index in [0.29, 0.717) is 13.0 Å². The predicted molar refractivity (Wildman–Crippen MR) is 103 cm³/mol. The summed E-state index contributed by atoms with van der Waals surface area (Å²) < 4.78 is 0. The first-order valence-corrected chi connectivity index (χ1v) is 9.32. The van der Waals surface area contributed by atoms with Crippen LogP contribution in [0.2, 0.25) is 0 Å². The van der Waals surface area contributed by atoms with Gasteiger partial charge in [-0.2, -0.15) is 0 Å². The number of rotatable bonds is 11. The minimum Gasteiger partial charge on any atom is -0.330 e. The fraction of sp³-hybridized carbons (Fsp3) is 0.619. The van der Waals surface area contributed by atoms with Crippen molar-refractivity contribution in [2.24, 2.45) is 22.8 Å². The molecule has 0 aromatic heterocycles. The molecule has 4 nitrogen and oxygen atoms in total. The molecule has 25 heavy (non-hydrogen) atoms. The van der Waals surface area contributed by atoms with Gasteiger partial charge in [0.1, 0.15) is 5.78 Å². The standard InChI is InChI=1S/C21H34N2O2/c1-21(2,3)20(25)17(12-8-5-9-13-22)15-19(24)18(23)14-16-10-6-4-7-11-16/h4,6-7,10-11,17-18H,5,8-9,12-15,22-23H2,1-3H3. The number of ketones is 2. The summed E-state index contributed by atoms with van der Waals surface area (Å²) >= 11 is 0. The molecular weight excluding hydrogens is 312 g/mol. The maximum Gasteiger partial charge on any atom is 0.150 e. The zero-order valence-corrected chi connectivity index (χ0v) is 16.0. The van der Waals surface area contributed by atoms with E-state index < -0.39 is 11.5 Å². The number of carbonyl (C=O) groups is 2. The summed E-state index contributed by atoms with van der Waals surface area (Å²) in [6.07, 6.45) is 4.37. The first-order valence-electron chi connectivity index (χ1n) is 9.32. The van der Waals surface area contributed by atoms with Gasteiger partial charge in [-0.15, -0.1) is 0 Å². The van der Waals surface area contributed by atoms with E-state index in [2.05, 4.69) is 0 Å². The van der Waals surface area contributed by atoms with E-state index in [0.717, 1.165) is 31.2 Å². The predicted octanol–water partition coefficient (Wildman–Crippen LogP) is 3.27. The van der Waals surface area contributed by atoms with Crippen LogP contribution in [-0.4, -0.2) is 24.2 Å². The summed E-state index contributed by atoms with van der Waals surface area (Å²) in [6, 6.07) is 9.21. The van der Waals surface area contributed by atoms with Crippen LogP contribution < -0.4 is 11.5 Å². The van der Waals surface area contributed by atoms with Crippen LogP contribution in [0.3, 0.4) is 0 Å². The molecule has 0 spiro atoms. The number of carbonyl (C=O) groups excluding carboxylic acids is 2. The summed E-state index contributed by atoms with van der Waals surface area (Å²) in [5.41, 5.74) is 12.2. The molecule has 1 aromatic rings. The van der Waals surface area contributed by atoms with Crippen molar-refractivity contribution in [2.45, 2.75) is 65.3 Å². The molecule has 0 heterocycles. The van der Waals surface area contributed by atoms with E-state index in [1.54, 1.807) is 0 Å². The smallest absolute Gasteiger partial charge is 0.150 e. The van der Waals surface area contributed by atoms with E-state index in [-0.39, 0.29) is 23.9 Å². The van der Waals surface area contributed by atoms with Crippen molar-refractivity contribution in [1.82, 2.24) is 0 Å². The Morgan fingerprint density at radius 2 is 1.68 bits per heavy atom. The highest BCUT2D eigenvalue weighted by Gasteiger charge is 2.31. The Bertz CT molecular complexity index is 535. The maximum absolute atomic E-state index is 12.7. The monoisotopic (exact) mass is 346 g/mol. The average molecular weight is 347 g/mol. The second-order valence-corrected chi connectivity index (χ2v) is 7.92. The van der Waals surface area contributed by atoms with Gasteiger partial charge >= 0.3 is 0 Å². The van der Waals surface area contributed by atoms with Gasteiger partial charge in [0, 0.05) is 17.8 Å². The van der Waals surface area contributed by atoms with Crippen LogP contribution in [0.5, 0.6) is 0 Å². The Hall–Kier alpha value is -1.52. The average Bonchev–Trinajstić information content (AvgIpc) is 2.56. The van der Waals surface area contributed by atoms with Crippen LogP contribution in [0.15, 0.2) is 30.3 Å².